The van der Waals surface area contributed by atoms with E-state index in [2.05, 4.69) is 5.32 Å². The second kappa shape index (κ2) is 7.46. The first-order valence-corrected chi connectivity index (χ1v) is 12.1. The molecular formula is C25H23N3O5S. The van der Waals surface area contributed by atoms with Crippen molar-refractivity contribution < 1.29 is 23.9 Å². The molecule has 0 radical (unpaired) electrons. The van der Waals surface area contributed by atoms with Crippen LogP contribution in [0.15, 0.2) is 35.7 Å². The highest BCUT2D eigenvalue weighted by atomic mass is 32.1. The van der Waals surface area contributed by atoms with Gasteiger partial charge in [0.2, 0.25) is 6.79 Å². The fraction of sp³-hybridized carbons (Fsp3) is 0.320. The second-order valence-corrected chi connectivity index (χ2v) is 9.92. The molecule has 8 nitrogen and oxygen atoms in total. The van der Waals surface area contributed by atoms with Crippen LogP contribution in [0, 0.1) is 13.8 Å². The molecule has 0 saturated carbocycles. The molecule has 3 amide bonds. The number of thiophene rings is 1. The number of fused-ring (bicyclic) bond motifs is 3. The standard InChI is InChI=1S/C25H23N3O5S/c1-14-10-17(15(2)28(14)16-5-6-20-21(11-16)33-13-32-20)19(29)12-27-23(30)25(26-24(27)31)8-3-4-22-18(25)7-9-34-22/h5-7,9-11H,3-4,8,12-13H2,1-2H3,(H,26,31)/t25-/m0/s1. The van der Waals surface area contributed by atoms with Gasteiger partial charge in [0.25, 0.3) is 5.91 Å². The first kappa shape index (κ1) is 21.0. The molecule has 3 aliphatic rings. The maximum atomic E-state index is 13.5. The van der Waals surface area contributed by atoms with E-state index < -0.39 is 11.6 Å². The number of ether oxygens (including phenoxy) is 2. The SMILES string of the molecule is Cc1cc(C(=O)CN2C(=O)N[C@]3(CCCc4sccc43)C2=O)c(C)n1-c1ccc2c(c1)OCO2. The highest BCUT2D eigenvalue weighted by Gasteiger charge is 2.54. The summed E-state index contributed by atoms with van der Waals surface area (Å²) >= 11 is 1.60. The highest BCUT2D eigenvalue weighted by Crippen LogP contribution is 2.42. The normalized spacial score (nSPS) is 20.7. The monoisotopic (exact) mass is 477 g/mol. The van der Waals surface area contributed by atoms with Crippen molar-refractivity contribution in [1.82, 2.24) is 14.8 Å². The molecule has 0 bridgehead atoms. The van der Waals surface area contributed by atoms with Crippen molar-refractivity contribution in [2.24, 2.45) is 0 Å². The van der Waals surface area contributed by atoms with Crippen LogP contribution in [0.4, 0.5) is 4.79 Å². The molecule has 174 valence electrons. The second-order valence-electron chi connectivity index (χ2n) is 8.92. The molecule has 1 saturated heterocycles. The van der Waals surface area contributed by atoms with Gasteiger partial charge in [-0.1, -0.05) is 0 Å². The number of rotatable bonds is 4. The summed E-state index contributed by atoms with van der Waals surface area (Å²) in [6.45, 7) is 3.66. The van der Waals surface area contributed by atoms with Gasteiger partial charge in [-0.25, -0.2) is 4.79 Å². The Morgan fingerprint density at radius 1 is 1.15 bits per heavy atom. The molecule has 6 rings (SSSR count). The van der Waals surface area contributed by atoms with Crippen LogP contribution in [0.2, 0.25) is 0 Å². The molecule has 4 heterocycles. The van der Waals surface area contributed by atoms with Gasteiger partial charge in [-0.2, -0.15) is 0 Å². The lowest BCUT2D eigenvalue weighted by atomic mass is 9.80. The molecule has 1 N–H and O–H groups in total. The van der Waals surface area contributed by atoms with E-state index >= 15 is 0 Å². The lowest BCUT2D eigenvalue weighted by molar-refractivity contribution is -0.131. The third-order valence-corrected chi connectivity index (χ3v) is 7.96. The Morgan fingerprint density at radius 2 is 1.97 bits per heavy atom. The minimum atomic E-state index is -1.05. The minimum Gasteiger partial charge on any atom is -0.454 e. The summed E-state index contributed by atoms with van der Waals surface area (Å²) in [7, 11) is 0. The molecule has 0 unspecified atom stereocenters. The number of aryl methyl sites for hydroxylation is 2. The van der Waals surface area contributed by atoms with Gasteiger partial charge < -0.3 is 19.4 Å². The summed E-state index contributed by atoms with van der Waals surface area (Å²) in [5.41, 5.74) is 2.76. The number of carbonyl (C=O) groups excluding carboxylic acids is 3. The number of carbonyl (C=O) groups is 3. The van der Waals surface area contributed by atoms with Crippen LogP contribution in [0.5, 0.6) is 11.5 Å². The van der Waals surface area contributed by atoms with Crippen molar-refractivity contribution >= 4 is 29.1 Å². The zero-order valence-corrected chi connectivity index (χ0v) is 19.7. The molecular weight excluding hydrogens is 454 g/mol. The maximum Gasteiger partial charge on any atom is 0.325 e. The van der Waals surface area contributed by atoms with Crippen LogP contribution < -0.4 is 14.8 Å². The van der Waals surface area contributed by atoms with E-state index in [1.165, 1.54) is 0 Å². The molecule has 1 atom stereocenters. The van der Waals surface area contributed by atoms with Gasteiger partial charge >= 0.3 is 6.03 Å². The predicted octanol–water partition coefficient (Wildman–Crippen LogP) is 3.85. The van der Waals surface area contributed by atoms with Gasteiger partial charge in [0.1, 0.15) is 5.54 Å². The first-order valence-electron chi connectivity index (χ1n) is 11.2. The molecule has 1 aliphatic carbocycles. The third-order valence-electron chi connectivity index (χ3n) is 6.98. The minimum absolute atomic E-state index is 0.187. The molecule has 3 aromatic rings. The molecule has 9 heteroatoms. The lowest BCUT2D eigenvalue weighted by Gasteiger charge is -2.31. The van der Waals surface area contributed by atoms with Crippen LogP contribution >= 0.6 is 11.3 Å². The number of imide groups is 1. The fourth-order valence-electron chi connectivity index (χ4n) is 5.38. The average molecular weight is 478 g/mol. The molecule has 34 heavy (non-hydrogen) atoms. The Morgan fingerprint density at radius 3 is 2.82 bits per heavy atom. The van der Waals surface area contributed by atoms with Crippen LogP contribution in [0.25, 0.3) is 5.69 Å². The van der Waals surface area contributed by atoms with E-state index in [0.717, 1.165) is 45.3 Å². The lowest BCUT2D eigenvalue weighted by Crippen LogP contribution is -2.46. The smallest absolute Gasteiger partial charge is 0.325 e. The van der Waals surface area contributed by atoms with E-state index in [0.29, 0.717) is 23.5 Å². The Hall–Kier alpha value is -3.59. The van der Waals surface area contributed by atoms with Crippen LogP contribution in [0.1, 0.15) is 45.0 Å². The summed E-state index contributed by atoms with van der Waals surface area (Å²) in [6, 6.07) is 8.83. The van der Waals surface area contributed by atoms with Gasteiger partial charge in [-0.15, -0.1) is 11.3 Å². The quantitative estimate of drug-likeness (QED) is 0.455. The number of hydrogen-bond acceptors (Lipinski definition) is 6. The van der Waals surface area contributed by atoms with Gasteiger partial charge in [-0.3, -0.25) is 14.5 Å². The number of Topliss-reactive ketones (excluding diaryl/α,β-unsaturated/α-hetero) is 1. The first-order chi connectivity index (χ1) is 16.4. The Kier molecular flexibility index (Phi) is 4.60. The Labute approximate surface area is 200 Å². The summed E-state index contributed by atoms with van der Waals surface area (Å²) in [5.74, 6) is 0.728. The van der Waals surface area contributed by atoms with E-state index in [1.54, 1.807) is 17.4 Å². The van der Waals surface area contributed by atoms with E-state index in [1.807, 2.05) is 48.1 Å². The number of urea groups is 1. The Bertz CT molecular complexity index is 1370. The largest absolute Gasteiger partial charge is 0.454 e. The number of hydrogen-bond donors (Lipinski definition) is 1. The number of nitrogens with one attached hydrogen (secondary N) is 1. The highest BCUT2D eigenvalue weighted by molar-refractivity contribution is 7.10. The molecule has 1 aromatic carbocycles. The van der Waals surface area contributed by atoms with E-state index in [4.69, 9.17) is 9.47 Å². The van der Waals surface area contributed by atoms with Gasteiger partial charge in [-0.05, 0) is 62.8 Å². The van der Waals surface area contributed by atoms with Crippen molar-refractivity contribution in [3.05, 3.63) is 63.1 Å². The van der Waals surface area contributed by atoms with Crippen molar-refractivity contribution in [3.8, 4) is 17.2 Å². The number of amides is 3. The summed E-state index contributed by atoms with van der Waals surface area (Å²) in [4.78, 5) is 41.9. The number of ketones is 1. The zero-order chi connectivity index (χ0) is 23.6. The predicted molar refractivity (Wildman–Crippen MR) is 125 cm³/mol. The number of aromatic nitrogens is 1. The van der Waals surface area contributed by atoms with Crippen LogP contribution in [0.3, 0.4) is 0 Å². The maximum absolute atomic E-state index is 13.5. The molecule has 2 aliphatic heterocycles. The molecule has 1 fully saturated rings. The molecule has 1 spiro atoms. The summed E-state index contributed by atoms with van der Waals surface area (Å²) in [5, 5.41) is 4.86. The molecule has 2 aromatic heterocycles. The fourth-order valence-corrected chi connectivity index (χ4v) is 6.38. The van der Waals surface area contributed by atoms with E-state index in [-0.39, 0.29) is 25.0 Å². The van der Waals surface area contributed by atoms with Gasteiger partial charge in [0.15, 0.2) is 17.3 Å². The van der Waals surface area contributed by atoms with Crippen LogP contribution in [-0.2, 0) is 16.8 Å². The van der Waals surface area contributed by atoms with Crippen LogP contribution in [-0.4, -0.2) is 40.5 Å². The number of nitrogens with zero attached hydrogens (tertiary/aromatic N) is 2. The third kappa shape index (κ3) is 2.93. The summed E-state index contributed by atoms with van der Waals surface area (Å²) in [6.07, 6.45) is 2.27. The van der Waals surface area contributed by atoms with Crippen molar-refractivity contribution in [2.75, 3.05) is 13.3 Å². The van der Waals surface area contributed by atoms with Crippen molar-refractivity contribution in [3.63, 3.8) is 0 Å². The zero-order valence-electron chi connectivity index (χ0n) is 18.8. The van der Waals surface area contributed by atoms with Crippen molar-refractivity contribution in [2.45, 2.75) is 38.6 Å². The average Bonchev–Trinajstić information content (AvgIpc) is 3.58. The van der Waals surface area contributed by atoms with E-state index in [9.17, 15) is 14.4 Å². The van der Waals surface area contributed by atoms with Gasteiger partial charge in [0.05, 0.1) is 6.54 Å². The topological polar surface area (TPSA) is 89.9 Å². The number of benzene rings is 1. The summed E-state index contributed by atoms with van der Waals surface area (Å²) < 4.78 is 12.8. The van der Waals surface area contributed by atoms with Gasteiger partial charge in [0, 0.05) is 39.1 Å². The van der Waals surface area contributed by atoms with Crippen molar-refractivity contribution in [1.29, 1.82) is 0 Å². The Balaban J connectivity index is 1.29.